The zero-order valence-electron chi connectivity index (χ0n) is 20.0. The van der Waals surface area contributed by atoms with Crippen LogP contribution < -0.4 is 5.73 Å². The van der Waals surface area contributed by atoms with Gasteiger partial charge < -0.3 is 10.5 Å². The molecule has 7 nitrogen and oxygen atoms in total. The molecule has 0 amide bonds. The van der Waals surface area contributed by atoms with E-state index in [2.05, 4.69) is 50.8 Å². The van der Waals surface area contributed by atoms with Gasteiger partial charge in [-0.05, 0) is 48.4 Å². The molecule has 2 N–H and O–H groups in total. The van der Waals surface area contributed by atoms with E-state index in [4.69, 9.17) is 20.4 Å². The van der Waals surface area contributed by atoms with Crippen molar-refractivity contribution in [3.8, 4) is 28.3 Å². The zero-order valence-corrected chi connectivity index (χ0v) is 20.0. The lowest BCUT2D eigenvalue weighted by Crippen LogP contribution is -2.25. The minimum Gasteiger partial charge on any atom is -0.383 e. The zero-order chi connectivity index (χ0) is 24.3. The fourth-order valence-corrected chi connectivity index (χ4v) is 4.72. The Morgan fingerprint density at radius 1 is 0.833 bits per heavy atom. The van der Waals surface area contributed by atoms with Gasteiger partial charge in [-0.25, -0.2) is 15.0 Å². The van der Waals surface area contributed by atoms with E-state index in [9.17, 15) is 0 Å². The van der Waals surface area contributed by atoms with Gasteiger partial charge in [0, 0.05) is 43.7 Å². The van der Waals surface area contributed by atoms with Crippen molar-refractivity contribution in [3.05, 3.63) is 90.6 Å². The Kier molecular flexibility index (Phi) is 6.15. The predicted molar refractivity (Wildman–Crippen MR) is 143 cm³/mol. The molecule has 2 aromatic carbocycles. The molecule has 0 aliphatic carbocycles. The number of imidazole rings is 1. The summed E-state index contributed by atoms with van der Waals surface area (Å²) in [5.41, 5.74) is 12.9. The Labute approximate surface area is 210 Å². The number of hydrogen-bond donors (Lipinski definition) is 1. The maximum atomic E-state index is 6.28. The molecule has 1 fully saturated rings. The normalized spacial score (nSPS) is 14.7. The molecule has 1 aliphatic rings. The summed E-state index contributed by atoms with van der Waals surface area (Å²) in [7, 11) is 0. The van der Waals surface area contributed by atoms with Crippen molar-refractivity contribution >= 4 is 17.0 Å². The molecule has 1 aliphatic heterocycles. The number of benzene rings is 2. The third-order valence-corrected chi connectivity index (χ3v) is 6.57. The Balaban J connectivity index is 1.44. The van der Waals surface area contributed by atoms with E-state index in [1.807, 2.05) is 42.5 Å². The van der Waals surface area contributed by atoms with Crippen LogP contribution in [0.25, 0.3) is 39.5 Å². The molecule has 3 aromatic heterocycles. The first-order valence-electron chi connectivity index (χ1n) is 12.3. The molecule has 0 spiro atoms. The number of nitrogens with zero attached hydrogens (tertiary/aromatic N) is 5. The van der Waals surface area contributed by atoms with Gasteiger partial charge in [-0.2, -0.15) is 0 Å². The lowest BCUT2D eigenvalue weighted by atomic mass is 10.1. The van der Waals surface area contributed by atoms with Crippen molar-refractivity contribution in [2.45, 2.75) is 13.0 Å². The molecule has 6 rings (SSSR count). The highest BCUT2D eigenvalue weighted by Gasteiger charge is 2.19. The fraction of sp³-hybridized carbons (Fsp3) is 0.207. The van der Waals surface area contributed by atoms with E-state index in [1.54, 1.807) is 6.20 Å². The molecule has 0 bridgehead atoms. The number of nitrogen functional groups attached to an aromatic ring is 1. The molecular formula is C29H28N6O. The number of fused-ring (bicyclic) bond motifs is 1. The molecule has 0 unspecified atom stereocenters. The minimum atomic E-state index is 0.442. The van der Waals surface area contributed by atoms with E-state index >= 15 is 0 Å². The van der Waals surface area contributed by atoms with Crippen LogP contribution in [0.5, 0.6) is 0 Å². The van der Waals surface area contributed by atoms with Crippen molar-refractivity contribution in [1.29, 1.82) is 0 Å². The number of pyridine rings is 2. The number of hydrogen-bond acceptors (Lipinski definition) is 6. The van der Waals surface area contributed by atoms with Gasteiger partial charge in [-0.1, -0.05) is 42.5 Å². The number of anilines is 1. The Morgan fingerprint density at radius 3 is 2.53 bits per heavy atom. The van der Waals surface area contributed by atoms with E-state index in [1.165, 1.54) is 5.56 Å². The van der Waals surface area contributed by atoms with E-state index < -0.39 is 0 Å². The van der Waals surface area contributed by atoms with Crippen LogP contribution in [-0.2, 0) is 11.3 Å². The number of rotatable bonds is 5. The molecule has 180 valence electrons. The summed E-state index contributed by atoms with van der Waals surface area (Å²) >= 11 is 0. The van der Waals surface area contributed by atoms with Gasteiger partial charge in [0.15, 0.2) is 11.5 Å². The topological polar surface area (TPSA) is 82.1 Å². The van der Waals surface area contributed by atoms with E-state index in [0.29, 0.717) is 5.82 Å². The third-order valence-electron chi connectivity index (χ3n) is 6.57. The molecule has 4 heterocycles. The summed E-state index contributed by atoms with van der Waals surface area (Å²) in [5, 5.41) is 0. The third kappa shape index (κ3) is 4.46. The lowest BCUT2D eigenvalue weighted by Gasteiger charge is -2.19. The second-order valence-electron chi connectivity index (χ2n) is 9.02. The maximum absolute atomic E-state index is 6.28. The SMILES string of the molecule is Nc1ncccc1-c1nc2ccc(-c3ccccc3)nc2n1-c1ccc(CN2CCCOCC2)cc1. The van der Waals surface area contributed by atoms with Gasteiger partial charge in [-0.3, -0.25) is 9.47 Å². The van der Waals surface area contributed by atoms with Crippen LogP contribution in [0.2, 0.25) is 0 Å². The molecule has 0 atom stereocenters. The standard InChI is InChI=1S/C29H28N6O/c30-27-24(8-4-15-31-27)28-33-26-14-13-25(22-6-2-1-3-7-22)32-29(26)35(28)23-11-9-21(10-12-23)20-34-16-5-18-36-19-17-34/h1-4,6-15H,5,16-20H2,(H2,30,31). The van der Waals surface area contributed by atoms with Crippen LogP contribution in [-0.4, -0.2) is 50.7 Å². The van der Waals surface area contributed by atoms with Gasteiger partial charge in [0.2, 0.25) is 0 Å². The lowest BCUT2D eigenvalue weighted by molar-refractivity contribution is 0.140. The van der Waals surface area contributed by atoms with E-state index in [-0.39, 0.29) is 0 Å². The molecule has 36 heavy (non-hydrogen) atoms. The first kappa shape index (κ1) is 22.4. The highest BCUT2D eigenvalue weighted by Crippen LogP contribution is 2.31. The smallest absolute Gasteiger partial charge is 0.165 e. The molecular weight excluding hydrogens is 448 g/mol. The van der Waals surface area contributed by atoms with Gasteiger partial charge >= 0.3 is 0 Å². The molecule has 7 heteroatoms. The predicted octanol–water partition coefficient (Wildman–Crippen LogP) is 4.95. The van der Waals surface area contributed by atoms with Crippen molar-refractivity contribution < 1.29 is 4.74 Å². The second-order valence-corrected chi connectivity index (χ2v) is 9.02. The van der Waals surface area contributed by atoms with Gasteiger partial charge in [0.05, 0.1) is 17.9 Å². The first-order valence-corrected chi connectivity index (χ1v) is 12.3. The van der Waals surface area contributed by atoms with Crippen LogP contribution >= 0.6 is 0 Å². The van der Waals surface area contributed by atoms with Gasteiger partial charge in [0.25, 0.3) is 0 Å². The van der Waals surface area contributed by atoms with Crippen LogP contribution in [0.4, 0.5) is 5.82 Å². The highest BCUT2D eigenvalue weighted by atomic mass is 16.5. The van der Waals surface area contributed by atoms with Crippen LogP contribution in [0.15, 0.2) is 85.1 Å². The minimum absolute atomic E-state index is 0.442. The Bertz CT molecular complexity index is 1470. The number of aromatic nitrogens is 4. The van der Waals surface area contributed by atoms with Crippen LogP contribution in [0, 0.1) is 0 Å². The second kappa shape index (κ2) is 9.89. The average Bonchev–Trinajstić information content (AvgIpc) is 3.10. The number of ether oxygens (including phenoxy) is 1. The largest absolute Gasteiger partial charge is 0.383 e. The first-order chi connectivity index (χ1) is 17.8. The van der Waals surface area contributed by atoms with Gasteiger partial charge in [-0.15, -0.1) is 0 Å². The molecule has 5 aromatic rings. The van der Waals surface area contributed by atoms with Crippen LogP contribution in [0.3, 0.4) is 0 Å². The van der Waals surface area contributed by atoms with Crippen molar-refractivity contribution in [2.24, 2.45) is 0 Å². The molecule has 0 saturated carbocycles. The Morgan fingerprint density at radius 2 is 1.69 bits per heavy atom. The number of nitrogens with two attached hydrogens (primary N) is 1. The quantitative estimate of drug-likeness (QED) is 0.386. The highest BCUT2D eigenvalue weighted by molar-refractivity contribution is 5.84. The summed E-state index contributed by atoms with van der Waals surface area (Å²) in [6, 6.07) is 26.7. The van der Waals surface area contributed by atoms with Gasteiger partial charge in [0.1, 0.15) is 11.3 Å². The fourth-order valence-electron chi connectivity index (χ4n) is 4.72. The monoisotopic (exact) mass is 476 g/mol. The van der Waals surface area contributed by atoms with Crippen molar-refractivity contribution in [2.75, 3.05) is 32.0 Å². The summed E-state index contributed by atoms with van der Waals surface area (Å²) in [5.74, 6) is 1.17. The molecule has 1 saturated heterocycles. The summed E-state index contributed by atoms with van der Waals surface area (Å²) < 4.78 is 7.69. The summed E-state index contributed by atoms with van der Waals surface area (Å²) in [6.45, 7) is 4.58. The van der Waals surface area contributed by atoms with E-state index in [0.717, 1.165) is 78.8 Å². The maximum Gasteiger partial charge on any atom is 0.165 e. The summed E-state index contributed by atoms with van der Waals surface area (Å²) in [4.78, 5) is 16.7. The van der Waals surface area contributed by atoms with Crippen LogP contribution in [0.1, 0.15) is 12.0 Å². The molecule has 0 radical (unpaired) electrons. The van der Waals surface area contributed by atoms with Crippen molar-refractivity contribution in [3.63, 3.8) is 0 Å². The Hall–Kier alpha value is -4.07. The van der Waals surface area contributed by atoms with Crippen molar-refractivity contribution in [1.82, 2.24) is 24.4 Å². The average molecular weight is 477 g/mol. The summed E-state index contributed by atoms with van der Waals surface area (Å²) in [6.07, 6.45) is 2.77.